The first kappa shape index (κ1) is 13.7. The molecule has 8 heteroatoms. The highest BCUT2D eigenvalue weighted by atomic mass is 32.2. The normalized spacial score (nSPS) is 29.1. The third-order valence-electron chi connectivity index (χ3n) is 3.00. The van der Waals surface area contributed by atoms with E-state index in [9.17, 15) is 13.2 Å². The van der Waals surface area contributed by atoms with Crippen LogP contribution in [0.2, 0.25) is 0 Å². The van der Waals surface area contributed by atoms with Gasteiger partial charge >= 0.3 is 5.97 Å². The van der Waals surface area contributed by atoms with Crippen LogP contribution < -0.4 is 4.72 Å². The van der Waals surface area contributed by atoms with Crippen LogP contribution in [-0.4, -0.2) is 56.7 Å². The maximum Gasteiger partial charge on any atom is 0.329 e. The van der Waals surface area contributed by atoms with E-state index < -0.39 is 34.7 Å². The van der Waals surface area contributed by atoms with E-state index in [2.05, 4.69) is 4.72 Å². The van der Waals surface area contributed by atoms with E-state index in [1.165, 1.54) is 0 Å². The van der Waals surface area contributed by atoms with Gasteiger partial charge < -0.3 is 14.6 Å². The quantitative estimate of drug-likeness (QED) is 0.668. The van der Waals surface area contributed by atoms with E-state index in [0.717, 1.165) is 0 Å². The molecule has 1 aliphatic carbocycles. The second kappa shape index (κ2) is 5.52. The molecule has 0 amide bonds. The number of carboxylic acid groups (broad SMARTS) is 1. The van der Waals surface area contributed by atoms with E-state index in [-0.39, 0.29) is 11.9 Å². The molecule has 0 aromatic rings. The molecular formula is C10H17NO6S. The molecule has 1 saturated heterocycles. The predicted octanol–water partition coefficient (Wildman–Crippen LogP) is -0.673. The molecular weight excluding hydrogens is 262 g/mol. The fraction of sp³-hybridized carbons (Fsp3) is 0.900. The van der Waals surface area contributed by atoms with Gasteiger partial charge in [-0.2, -0.15) is 0 Å². The highest BCUT2D eigenvalue weighted by Gasteiger charge is 2.39. The molecule has 0 spiro atoms. The van der Waals surface area contributed by atoms with E-state index in [1.807, 2.05) is 0 Å². The highest BCUT2D eigenvalue weighted by Crippen LogP contribution is 2.28. The SMILES string of the molecule is O=C(O)CO[C@@H]1COCC[C@H]1NS(=O)(=O)C1CC1. The molecule has 7 nitrogen and oxygen atoms in total. The Morgan fingerprint density at radius 2 is 2.11 bits per heavy atom. The Balaban J connectivity index is 1.92. The molecule has 2 N–H and O–H groups in total. The lowest BCUT2D eigenvalue weighted by Crippen LogP contribution is -2.51. The number of carbonyl (C=O) groups is 1. The predicted molar refractivity (Wildman–Crippen MR) is 61.7 cm³/mol. The van der Waals surface area contributed by atoms with Gasteiger partial charge in [0.1, 0.15) is 6.61 Å². The summed E-state index contributed by atoms with van der Waals surface area (Å²) in [5.41, 5.74) is 0. The van der Waals surface area contributed by atoms with E-state index >= 15 is 0 Å². The number of ether oxygens (including phenoxy) is 2. The highest BCUT2D eigenvalue weighted by molar-refractivity contribution is 7.90. The van der Waals surface area contributed by atoms with E-state index in [0.29, 0.717) is 25.9 Å². The zero-order valence-electron chi connectivity index (χ0n) is 9.87. The summed E-state index contributed by atoms with van der Waals surface area (Å²) in [5, 5.41) is 8.27. The lowest BCUT2D eigenvalue weighted by atomic mass is 10.1. The van der Waals surface area contributed by atoms with Gasteiger partial charge in [0.25, 0.3) is 0 Å². The fourth-order valence-corrected chi connectivity index (χ4v) is 3.52. The van der Waals surface area contributed by atoms with Gasteiger partial charge in [-0.05, 0) is 19.3 Å². The second-order valence-corrected chi connectivity index (χ2v) is 6.57. The van der Waals surface area contributed by atoms with Crippen molar-refractivity contribution in [1.29, 1.82) is 0 Å². The van der Waals surface area contributed by atoms with Gasteiger partial charge in [-0.1, -0.05) is 0 Å². The van der Waals surface area contributed by atoms with E-state index in [1.54, 1.807) is 0 Å². The van der Waals surface area contributed by atoms with Gasteiger partial charge in [0.15, 0.2) is 0 Å². The smallest absolute Gasteiger partial charge is 0.329 e. The van der Waals surface area contributed by atoms with Crippen LogP contribution in [0.1, 0.15) is 19.3 Å². The number of sulfonamides is 1. The van der Waals surface area contributed by atoms with Crippen LogP contribution >= 0.6 is 0 Å². The van der Waals surface area contributed by atoms with Crippen LogP contribution in [0.4, 0.5) is 0 Å². The number of hydrogen-bond donors (Lipinski definition) is 2. The van der Waals surface area contributed by atoms with Crippen LogP contribution in [0.15, 0.2) is 0 Å². The molecule has 2 fully saturated rings. The first-order valence-electron chi connectivity index (χ1n) is 5.91. The zero-order chi connectivity index (χ0) is 13.2. The molecule has 2 atom stereocenters. The first-order valence-corrected chi connectivity index (χ1v) is 7.46. The van der Waals surface area contributed by atoms with Crippen molar-refractivity contribution in [1.82, 2.24) is 4.72 Å². The van der Waals surface area contributed by atoms with Gasteiger partial charge in [-0.15, -0.1) is 0 Å². The minimum Gasteiger partial charge on any atom is -0.480 e. The molecule has 1 aliphatic heterocycles. The molecule has 18 heavy (non-hydrogen) atoms. The summed E-state index contributed by atoms with van der Waals surface area (Å²) in [6.45, 7) is 0.214. The summed E-state index contributed by atoms with van der Waals surface area (Å²) in [6, 6.07) is -0.399. The maximum atomic E-state index is 11.8. The van der Waals surface area contributed by atoms with Crippen LogP contribution in [0.5, 0.6) is 0 Å². The molecule has 1 heterocycles. The van der Waals surface area contributed by atoms with Gasteiger partial charge in [0.2, 0.25) is 10.0 Å². The largest absolute Gasteiger partial charge is 0.480 e. The standard InChI is InChI=1S/C10H17NO6S/c12-10(13)6-17-9-5-16-4-3-8(9)11-18(14,15)7-1-2-7/h7-9,11H,1-6H2,(H,12,13)/t8-,9-/m1/s1. The van der Waals surface area contributed by atoms with Crippen molar-refractivity contribution in [3.63, 3.8) is 0 Å². The molecule has 2 aliphatic rings. The van der Waals surface area contributed by atoms with Gasteiger partial charge in [0, 0.05) is 6.61 Å². The number of carboxylic acids is 1. The van der Waals surface area contributed by atoms with Crippen molar-refractivity contribution in [3.8, 4) is 0 Å². The minimum atomic E-state index is -3.29. The number of rotatable bonds is 6. The fourth-order valence-electron chi connectivity index (χ4n) is 1.87. The van der Waals surface area contributed by atoms with Gasteiger partial charge in [-0.3, -0.25) is 0 Å². The molecule has 0 unspecified atom stereocenters. The Morgan fingerprint density at radius 3 is 2.72 bits per heavy atom. The maximum absolute atomic E-state index is 11.8. The van der Waals surface area contributed by atoms with Crippen molar-refractivity contribution in [3.05, 3.63) is 0 Å². The van der Waals surface area contributed by atoms with Crippen LogP contribution in [0, 0.1) is 0 Å². The number of nitrogens with one attached hydrogen (secondary N) is 1. The lowest BCUT2D eigenvalue weighted by molar-refractivity contribution is -0.148. The Morgan fingerprint density at radius 1 is 1.39 bits per heavy atom. The topological polar surface area (TPSA) is 102 Å². The Kier molecular flexibility index (Phi) is 4.21. The monoisotopic (exact) mass is 279 g/mol. The van der Waals surface area contributed by atoms with Crippen molar-refractivity contribution >= 4 is 16.0 Å². The summed E-state index contributed by atoms with van der Waals surface area (Å²) in [4.78, 5) is 10.4. The summed E-state index contributed by atoms with van der Waals surface area (Å²) < 4.78 is 36.6. The minimum absolute atomic E-state index is 0.213. The molecule has 1 saturated carbocycles. The van der Waals surface area contributed by atoms with Crippen molar-refractivity contribution in [2.24, 2.45) is 0 Å². The molecule has 104 valence electrons. The second-order valence-electron chi connectivity index (χ2n) is 4.58. The molecule has 0 radical (unpaired) electrons. The van der Waals surface area contributed by atoms with Crippen LogP contribution in [0.3, 0.4) is 0 Å². The Hall–Kier alpha value is -0.700. The van der Waals surface area contributed by atoms with Crippen molar-refractivity contribution in [2.45, 2.75) is 36.7 Å². The summed E-state index contributed by atoms with van der Waals surface area (Å²) in [7, 11) is -3.29. The van der Waals surface area contributed by atoms with Crippen molar-refractivity contribution < 1.29 is 27.8 Å². The molecule has 0 bridgehead atoms. The zero-order valence-corrected chi connectivity index (χ0v) is 10.7. The molecule has 2 rings (SSSR count). The van der Waals surface area contributed by atoms with Crippen molar-refractivity contribution in [2.75, 3.05) is 19.8 Å². The number of aliphatic carboxylic acids is 1. The Bertz CT molecular complexity index is 405. The third-order valence-corrected chi connectivity index (χ3v) is 4.98. The lowest BCUT2D eigenvalue weighted by Gasteiger charge is -2.31. The number of hydrogen-bond acceptors (Lipinski definition) is 5. The average molecular weight is 279 g/mol. The van der Waals surface area contributed by atoms with Crippen LogP contribution in [-0.2, 0) is 24.3 Å². The van der Waals surface area contributed by atoms with Crippen LogP contribution in [0.25, 0.3) is 0 Å². The van der Waals surface area contributed by atoms with Gasteiger partial charge in [0.05, 0.1) is 24.0 Å². The summed E-state index contributed by atoms with van der Waals surface area (Å²) in [5.74, 6) is -1.08. The molecule has 0 aromatic carbocycles. The average Bonchev–Trinajstić information content (AvgIpc) is 3.11. The Labute approximate surface area is 106 Å². The summed E-state index contributed by atoms with van der Waals surface area (Å²) >= 11 is 0. The first-order chi connectivity index (χ1) is 8.49. The molecule has 0 aromatic heterocycles. The third kappa shape index (κ3) is 3.64. The van der Waals surface area contributed by atoms with E-state index in [4.69, 9.17) is 14.6 Å². The summed E-state index contributed by atoms with van der Waals surface area (Å²) in [6.07, 6.45) is 1.35. The van der Waals surface area contributed by atoms with Gasteiger partial charge in [-0.25, -0.2) is 17.9 Å².